The minimum atomic E-state index is -0.922. The van der Waals surface area contributed by atoms with Gasteiger partial charge in [0.2, 0.25) is 5.91 Å². The van der Waals surface area contributed by atoms with Gasteiger partial charge in [0, 0.05) is 11.6 Å². The van der Waals surface area contributed by atoms with Crippen LogP contribution in [0.15, 0.2) is 22.0 Å². The Morgan fingerprint density at radius 1 is 1.27 bits per heavy atom. The highest BCUT2D eigenvalue weighted by Gasteiger charge is 2.24. The molecule has 10 heteroatoms. The van der Waals surface area contributed by atoms with Gasteiger partial charge in [-0.15, -0.1) is 4.80 Å². The van der Waals surface area contributed by atoms with Crippen LogP contribution in [0.1, 0.15) is 39.3 Å². The predicted molar refractivity (Wildman–Crippen MR) is 99.0 cm³/mol. The molecule has 0 aliphatic rings. The summed E-state index contributed by atoms with van der Waals surface area (Å²) in [7, 11) is 0. The quantitative estimate of drug-likeness (QED) is 0.689. The summed E-state index contributed by atoms with van der Waals surface area (Å²) in [6, 6.07) is -1.01. The number of aromatic amines is 1. The third kappa shape index (κ3) is 2.96. The Bertz CT molecular complexity index is 1060. The minimum absolute atomic E-state index is 0.0895. The first-order valence-corrected chi connectivity index (χ1v) is 9.14. The topological polar surface area (TPSA) is 115 Å². The highest BCUT2D eigenvalue weighted by Crippen LogP contribution is 2.30. The molecule has 3 heterocycles. The van der Waals surface area contributed by atoms with Crippen molar-refractivity contribution >= 4 is 27.5 Å². The number of amides is 1. The van der Waals surface area contributed by atoms with Crippen molar-refractivity contribution in [3.63, 3.8) is 0 Å². The molecule has 0 aromatic carbocycles. The molecule has 0 saturated heterocycles. The largest absolute Gasteiger partial charge is 0.352 e. The molecular weight excluding hydrogens is 356 g/mol. The van der Waals surface area contributed by atoms with Crippen LogP contribution in [-0.2, 0) is 11.2 Å². The fourth-order valence-corrected chi connectivity index (χ4v) is 4.01. The number of hydrogen-bond acceptors (Lipinski definition) is 6. The second-order valence-corrected chi connectivity index (χ2v) is 7.21. The number of aromatic nitrogens is 5. The summed E-state index contributed by atoms with van der Waals surface area (Å²) in [5.41, 5.74) is -0.355. The van der Waals surface area contributed by atoms with Gasteiger partial charge < -0.3 is 5.32 Å². The highest BCUT2D eigenvalue weighted by atomic mass is 32.1. The summed E-state index contributed by atoms with van der Waals surface area (Å²) in [6.45, 7) is 7.09. The van der Waals surface area contributed by atoms with Crippen LogP contribution < -0.4 is 16.6 Å². The normalized spacial score (nSPS) is 12.7. The third-order valence-corrected chi connectivity index (χ3v) is 5.12. The van der Waals surface area contributed by atoms with E-state index in [1.54, 1.807) is 12.4 Å². The summed E-state index contributed by atoms with van der Waals surface area (Å²) in [5, 5.41) is 12.0. The SMILES string of the molecule is CCc1c(-n2nccn2)sc2[nH]c(=O)n(C(C)C(=O)NC(C)C)c(=O)c12. The summed E-state index contributed by atoms with van der Waals surface area (Å²) in [5.74, 6) is -0.380. The number of nitrogens with zero attached hydrogens (tertiary/aromatic N) is 4. The molecule has 1 amide bonds. The molecule has 3 aromatic rings. The fraction of sp³-hybridized carbons (Fsp3) is 0.438. The Hall–Kier alpha value is -2.75. The lowest BCUT2D eigenvalue weighted by molar-refractivity contribution is -0.124. The zero-order valence-corrected chi connectivity index (χ0v) is 15.8. The minimum Gasteiger partial charge on any atom is -0.352 e. The zero-order chi connectivity index (χ0) is 19.0. The van der Waals surface area contributed by atoms with E-state index in [1.165, 1.54) is 23.1 Å². The molecule has 3 rings (SSSR count). The van der Waals surface area contributed by atoms with Gasteiger partial charge in [-0.25, -0.2) is 9.36 Å². The van der Waals surface area contributed by atoms with E-state index < -0.39 is 17.3 Å². The molecule has 1 atom stereocenters. The monoisotopic (exact) mass is 376 g/mol. The zero-order valence-electron chi connectivity index (χ0n) is 14.9. The number of H-pyrrole nitrogens is 1. The van der Waals surface area contributed by atoms with Crippen molar-refractivity contribution in [3.8, 4) is 5.00 Å². The second kappa shape index (κ2) is 6.87. The van der Waals surface area contributed by atoms with Gasteiger partial charge in [0.25, 0.3) is 5.56 Å². The molecule has 9 nitrogen and oxygen atoms in total. The van der Waals surface area contributed by atoms with E-state index in [9.17, 15) is 14.4 Å². The van der Waals surface area contributed by atoms with E-state index in [2.05, 4.69) is 20.5 Å². The van der Waals surface area contributed by atoms with Gasteiger partial charge in [-0.05, 0) is 27.2 Å². The van der Waals surface area contributed by atoms with Crippen LogP contribution in [0, 0.1) is 0 Å². The fourth-order valence-electron chi connectivity index (χ4n) is 2.82. The molecule has 0 bridgehead atoms. The molecule has 2 N–H and O–H groups in total. The van der Waals surface area contributed by atoms with E-state index in [1.807, 2.05) is 20.8 Å². The van der Waals surface area contributed by atoms with E-state index in [-0.39, 0.29) is 11.9 Å². The van der Waals surface area contributed by atoms with Crippen molar-refractivity contribution in [2.75, 3.05) is 0 Å². The molecule has 0 aliphatic carbocycles. The highest BCUT2D eigenvalue weighted by molar-refractivity contribution is 7.21. The van der Waals surface area contributed by atoms with Crippen LogP contribution in [0.2, 0.25) is 0 Å². The smallest absolute Gasteiger partial charge is 0.330 e. The molecule has 0 radical (unpaired) electrons. The third-order valence-electron chi connectivity index (χ3n) is 4.01. The average molecular weight is 376 g/mol. The van der Waals surface area contributed by atoms with Gasteiger partial charge in [-0.3, -0.25) is 14.6 Å². The number of rotatable bonds is 5. The summed E-state index contributed by atoms with van der Waals surface area (Å²) in [6.07, 6.45) is 3.65. The maximum atomic E-state index is 13.1. The molecule has 138 valence electrons. The number of thiophene rings is 1. The van der Waals surface area contributed by atoms with Gasteiger partial charge in [-0.2, -0.15) is 10.2 Å². The molecule has 1 unspecified atom stereocenters. The second-order valence-electron chi connectivity index (χ2n) is 6.21. The maximum absolute atomic E-state index is 13.1. The Morgan fingerprint density at radius 3 is 2.50 bits per heavy atom. The van der Waals surface area contributed by atoms with Crippen LogP contribution in [0.4, 0.5) is 0 Å². The van der Waals surface area contributed by atoms with Crippen molar-refractivity contribution in [2.45, 2.75) is 46.2 Å². The lowest BCUT2D eigenvalue weighted by atomic mass is 10.1. The van der Waals surface area contributed by atoms with Crippen molar-refractivity contribution in [1.82, 2.24) is 29.9 Å². The van der Waals surface area contributed by atoms with Gasteiger partial charge in [-0.1, -0.05) is 18.3 Å². The first kappa shape index (κ1) is 18.1. The Kier molecular flexibility index (Phi) is 4.77. The lowest BCUT2D eigenvalue weighted by Crippen LogP contribution is -2.44. The first-order valence-electron chi connectivity index (χ1n) is 8.32. The summed E-state index contributed by atoms with van der Waals surface area (Å²) >= 11 is 1.24. The number of hydrogen-bond donors (Lipinski definition) is 2. The number of carbonyl (C=O) groups excluding carboxylic acids is 1. The molecule has 0 saturated carbocycles. The van der Waals surface area contributed by atoms with Crippen LogP contribution >= 0.6 is 11.3 Å². The molecule has 0 aliphatic heterocycles. The van der Waals surface area contributed by atoms with Crippen LogP contribution in [0.25, 0.3) is 15.2 Å². The van der Waals surface area contributed by atoms with Crippen LogP contribution in [0.3, 0.4) is 0 Å². The van der Waals surface area contributed by atoms with Gasteiger partial charge in [0.05, 0.1) is 17.8 Å². The van der Waals surface area contributed by atoms with Crippen molar-refractivity contribution in [1.29, 1.82) is 0 Å². The van der Waals surface area contributed by atoms with Crippen LogP contribution in [0.5, 0.6) is 0 Å². The van der Waals surface area contributed by atoms with E-state index in [4.69, 9.17) is 0 Å². The van der Waals surface area contributed by atoms with Crippen LogP contribution in [-0.4, -0.2) is 36.5 Å². The summed E-state index contributed by atoms with van der Waals surface area (Å²) < 4.78 is 0.965. The molecule has 0 fully saturated rings. The Balaban J connectivity index is 2.23. The van der Waals surface area contributed by atoms with Crippen molar-refractivity contribution in [3.05, 3.63) is 38.8 Å². The van der Waals surface area contributed by atoms with Gasteiger partial charge in [0.1, 0.15) is 15.9 Å². The Morgan fingerprint density at radius 2 is 1.92 bits per heavy atom. The van der Waals surface area contributed by atoms with E-state index in [0.717, 1.165) is 10.1 Å². The van der Waals surface area contributed by atoms with Crippen molar-refractivity contribution < 1.29 is 4.79 Å². The van der Waals surface area contributed by atoms with E-state index in [0.29, 0.717) is 21.6 Å². The van der Waals surface area contributed by atoms with Gasteiger partial charge >= 0.3 is 5.69 Å². The predicted octanol–water partition coefficient (Wildman–Crippen LogP) is 0.980. The standard InChI is InChI=1S/C16H20N6O3S/c1-5-10-11-13(26-15(10)22-17-6-7-18-22)20-16(25)21(14(11)24)9(4)12(23)19-8(2)3/h6-9H,5H2,1-4H3,(H,19,23)(H,20,25). The maximum Gasteiger partial charge on any atom is 0.330 e. The number of carbonyl (C=O) groups is 1. The molecule has 0 spiro atoms. The Labute approximate surface area is 152 Å². The first-order chi connectivity index (χ1) is 12.3. The summed E-state index contributed by atoms with van der Waals surface area (Å²) in [4.78, 5) is 42.4. The van der Waals surface area contributed by atoms with Crippen molar-refractivity contribution in [2.24, 2.45) is 0 Å². The number of aryl methyl sites for hydroxylation is 1. The average Bonchev–Trinajstić information content (AvgIpc) is 3.20. The number of fused-ring (bicyclic) bond motifs is 1. The number of nitrogens with one attached hydrogen (secondary N) is 2. The van der Waals surface area contributed by atoms with E-state index >= 15 is 0 Å². The lowest BCUT2D eigenvalue weighted by Gasteiger charge is -2.16. The molecular formula is C16H20N6O3S. The van der Waals surface area contributed by atoms with Gasteiger partial charge in [0.15, 0.2) is 0 Å². The molecule has 26 heavy (non-hydrogen) atoms. The molecule has 3 aromatic heterocycles.